The Morgan fingerprint density at radius 1 is 0.838 bits per heavy atom. The highest BCUT2D eigenvalue weighted by Gasteiger charge is 2.38. The van der Waals surface area contributed by atoms with Crippen molar-refractivity contribution in [2.45, 2.75) is 33.2 Å². The van der Waals surface area contributed by atoms with Gasteiger partial charge in [0.15, 0.2) is 6.61 Å². The van der Waals surface area contributed by atoms with Crippen molar-refractivity contribution in [3.8, 4) is 22.3 Å². The summed E-state index contributed by atoms with van der Waals surface area (Å²) in [6.45, 7) is 4.79. The maximum absolute atomic E-state index is 13.8. The van der Waals surface area contributed by atoms with Crippen LogP contribution in [0.3, 0.4) is 0 Å². The van der Waals surface area contributed by atoms with E-state index in [0.29, 0.717) is 22.3 Å². The second-order valence-electron chi connectivity index (χ2n) is 10.2. The molecule has 2 heterocycles. The SMILES string of the molecule is CC1(C)Cc2c(-c3ccccc3)c(-c3ccc(Cl)cc3)c(C(=O)COC(=O)Cc3ccc(Cl)cc3)n2C1. The third-order valence-electron chi connectivity index (χ3n) is 6.69. The minimum atomic E-state index is -0.458. The summed E-state index contributed by atoms with van der Waals surface area (Å²) >= 11 is 12.1. The minimum absolute atomic E-state index is 0.00230. The summed E-state index contributed by atoms with van der Waals surface area (Å²) in [5.74, 6) is -0.684. The summed E-state index contributed by atoms with van der Waals surface area (Å²) < 4.78 is 7.60. The monoisotopic (exact) mass is 531 g/mol. The highest BCUT2D eigenvalue weighted by atomic mass is 35.5. The van der Waals surface area contributed by atoms with Gasteiger partial charge in [-0.3, -0.25) is 9.59 Å². The van der Waals surface area contributed by atoms with Gasteiger partial charge in [0.1, 0.15) is 0 Å². The van der Waals surface area contributed by atoms with Gasteiger partial charge in [0.2, 0.25) is 5.78 Å². The molecule has 0 saturated carbocycles. The number of aromatic nitrogens is 1. The Labute approximate surface area is 226 Å². The van der Waals surface area contributed by atoms with Gasteiger partial charge in [-0.15, -0.1) is 0 Å². The fourth-order valence-corrected chi connectivity index (χ4v) is 5.35. The molecule has 4 aromatic rings. The van der Waals surface area contributed by atoms with Crippen molar-refractivity contribution in [2.24, 2.45) is 5.41 Å². The average Bonchev–Trinajstić information content (AvgIpc) is 3.34. The van der Waals surface area contributed by atoms with Crippen LogP contribution in [0.25, 0.3) is 22.3 Å². The van der Waals surface area contributed by atoms with E-state index in [1.54, 1.807) is 24.3 Å². The van der Waals surface area contributed by atoms with Crippen LogP contribution in [0.1, 0.15) is 35.6 Å². The lowest BCUT2D eigenvalue weighted by molar-refractivity contribution is -0.141. The predicted octanol–water partition coefficient (Wildman–Crippen LogP) is 7.68. The molecule has 0 bridgehead atoms. The Hall–Kier alpha value is -3.34. The lowest BCUT2D eigenvalue weighted by atomic mass is 9.86. The summed E-state index contributed by atoms with van der Waals surface area (Å²) in [6.07, 6.45) is 0.907. The van der Waals surface area contributed by atoms with Crippen molar-refractivity contribution < 1.29 is 14.3 Å². The van der Waals surface area contributed by atoms with Gasteiger partial charge in [0, 0.05) is 33.4 Å². The molecule has 1 aromatic heterocycles. The first-order valence-electron chi connectivity index (χ1n) is 12.2. The molecule has 6 heteroatoms. The molecule has 37 heavy (non-hydrogen) atoms. The second kappa shape index (κ2) is 10.2. The Balaban J connectivity index is 1.54. The van der Waals surface area contributed by atoms with Crippen LogP contribution in [0.4, 0.5) is 0 Å². The van der Waals surface area contributed by atoms with Gasteiger partial charge in [0.25, 0.3) is 0 Å². The number of carbonyl (C=O) groups excluding carboxylic acids is 2. The fourth-order valence-electron chi connectivity index (χ4n) is 5.10. The maximum Gasteiger partial charge on any atom is 0.310 e. The summed E-state index contributed by atoms with van der Waals surface area (Å²) in [4.78, 5) is 26.3. The molecule has 0 aliphatic carbocycles. The quantitative estimate of drug-likeness (QED) is 0.181. The number of rotatable bonds is 7. The Morgan fingerprint density at radius 2 is 1.43 bits per heavy atom. The van der Waals surface area contributed by atoms with Crippen LogP contribution < -0.4 is 0 Å². The van der Waals surface area contributed by atoms with Gasteiger partial charge < -0.3 is 9.30 Å². The van der Waals surface area contributed by atoms with Crippen molar-refractivity contribution in [3.05, 3.63) is 106 Å². The zero-order valence-electron chi connectivity index (χ0n) is 20.8. The molecule has 0 radical (unpaired) electrons. The van der Waals surface area contributed by atoms with E-state index in [-0.39, 0.29) is 24.2 Å². The van der Waals surface area contributed by atoms with Crippen LogP contribution in [0.5, 0.6) is 0 Å². The molecule has 188 valence electrons. The molecule has 0 atom stereocenters. The van der Waals surface area contributed by atoms with Crippen molar-refractivity contribution in [1.82, 2.24) is 4.57 Å². The van der Waals surface area contributed by atoms with Crippen LogP contribution in [-0.2, 0) is 28.9 Å². The number of benzene rings is 3. The van der Waals surface area contributed by atoms with Gasteiger partial charge in [-0.1, -0.05) is 91.6 Å². The molecule has 0 saturated heterocycles. The van der Waals surface area contributed by atoms with E-state index in [2.05, 4.69) is 30.5 Å². The summed E-state index contributed by atoms with van der Waals surface area (Å²) in [7, 11) is 0. The Bertz CT molecular complexity index is 1450. The van der Waals surface area contributed by atoms with E-state index in [4.69, 9.17) is 27.9 Å². The molecule has 5 rings (SSSR count). The number of nitrogens with zero attached hydrogens (tertiary/aromatic N) is 1. The average molecular weight is 532 g/mol. The van der Waals surface area contributed by atoms with Crippen molar-refractivity contribution in [3.63, 3.8) is 0 Å². The summed E-state index contributed by atoms with van der Waals surface area (Å²) in [5.41, 5.74) is 6.32. The maximum atomic E-state index is 13.8. The zero-order valence-corrected chi connectivity index (χ0v) is 22.3. The van der Waals surface area contributed by atoms with Gasteiger partial charge in [0.05, 0.1) is 12.1 Å². The normalized spacial score (nSPS) is 13.8. The zero-order chi connectivity index (χ0) is 26.2. The van der Waals surface area contributed by atoms with E-state index in [9.17, 15) is 9.59 Å². The molecular formula is C31H27Cl2NO3. The number of ether oxygens (including phenoxy) is 1. The van der Waals surface area contributed by atoms with Crippen LogP contribution in [0.2, 0.25) is 10.0 Å². The molecule has 1 aliphatic heterocycles. The number of Topliss-reactive ketones (excluding diaryl/α,β-unsaturated/α-hetero) is 1. The number of esters is 1. The minimum Gasteiger partial charge on any atom is -0.457 e. The van der Waals surface area contributed by atoms with Gasteiger partial charge >= 0.3 is 5.97 Å². The second-order valence-corrected chi connectivity index (χ2v) is 11.1. The third kappa shape index (κ3) is 5.36. The molecule has 4 nitrogen and oxygen atoms in total. The van der Waals surface area contributed by atoms with Crippen LogP contribution in [-0.4, -0.2) is 22.9 Å². The van der Waals surface area contributed by atoms with E-state index in [0.717, 1.165) is 39.9 Å². The molecule has 3 aromatic carbocycles. The van der Waals surface area contributed by atoms with Crippen LogP contribution >= 0.6 is 23.2 Å². The lowest BCUT2D eigenvalue weighted by Gasteiger charge is -2.19. The van der Waals surface area contributed by atoms with Gasteiger partial charge in [-0.05, 0) is 52.8 Å². The Morgan fingerprint density at radius 3 is 2.08 bits per heavy atom. The number of hydrogen-bond acceptors (Lipinski definition) is 3. The smallest absolute Gasteiger partial charge is 0.310 e. The largest absolute Gasteiger partial charge is 0.457 e. The first kappa shape index (κ1) is 25.3. The summed E-state index contributed by atoms with van der Waals surface area (Å²) in [6, 6.07) is 24.7. The van der Waals surface area contributed by atoms with E-state index in [1.165, 1.54) is 0 Å². The van der Waals surface area contributed by atoms with E-state index >= 15 is 0 Å². The fraction of sp³-hybridized carbons (Fsp3) is 0.226. The topological polar surface area (TPSA) is 48.3 Å². The molecule has 0 unspecified atom stereocenters. The van der Waals surface area contributed by atoms with Crippen molar-refractivity contribution in [1.29, 1.82) is 0 Å². The summed E-state index contributed by atoms with van der Waals surface area (Å²) in [5, 5.41) is 1.23. The number of hydrogen-bond donors (Lipinski definition) is 0. The number of ketones is 1. The molecule has 0 fully saturated rings. The third-order valence-corrected chi connectivity index (χ3v) is 7.19. The lowest BCUT2D eigenvalue weighted by Crippen LogP contribution is -2.21. The Kier molecular flexibility index (Phi) is 6.98. The van der Waals surface area contributed by atoms with Crippen molar-refractivity contribution in [2.75, 3.05) is 6.61 Å². The van der Waals surface area contributed by atoms with Crippen LogP contribution in [0.15, 0.2) is 78.9 Å². The van der Waals surface area contributed by atoms with E-state index < -0.39 is 5.97 Å². The molecule has 0 spiro atoms. The standard InChI is InChI=1S/C31H27Cl2NO3/c1-31(2)17-25-28(21-6-4-3-5-7-21)29(22-10-14-24(33)15-11-22)30(34(25)19-31)26(35)18-37-27(36)16-20-8-12-23(32)13-9-20/h3-15H,16-19H2,1-2H3. The number of carbonyl (C=O) groups is 2. The highest BCUT2D eigenvalue weighted by Crippen LogP contribution is 2.47. The molecule has 1 aliphatic rings. The predicted molar refractivity (Wildman–Crippen MR) is 148 cm³/mol. The molecular weight excluding hydrogens is 505 g/mol. The first-order valence-corrected chi connectivity index (χ1v) is 13.0. The first-order chi connectivity index (χ1) is 17.7. The molecule has 0 N–H and O–H groups in total. The van der Waals surface area contributed by atoms with Gasteiger partial charge in [-0.2, -0.15) is 0 Å². The number of fused-ring (bicyclic) bond motifs is 1. The van der Waals surface area contributed by atoms with Gasteiger partial charge in [-0.25, -0.2) is 0 Å². The highest BCUT2D eigenvalue weighted by molar-refractivity contribution is 6.31. The van der Waals surface area contributed by atoms with Crippen molar-refractivity contribution >= 4 is 35.0 Å². The van der Waals surface area contributed by atoms with E-state index in [1.807, 2.05) is 42.5 Å². The van der Waals surface area contributed by atoms with Crippen LogP contribution in [0, 0.1) is 5.41 Å². The molecule has 0 amide bonds. The number of halogens is 2.